The summed E-state index contributed by atoms with van der Waals surface area (Å²) < 4.78 is 6.04. The second kappa shape index (κ2) is 7.94. The molecule has 0 bridgehead atoms. The van der Waals surface area contributed by atoms with Crippen LogP contribution < -0.4 is 10.1 Å². The summed E-state index contributed by atoms with van der Waals surface area (Å²) >= 11 is 12.6. The summed E-state index contributed by atoms with van der Waals surface area (Å²) in [5, 5.41) is 13.0. The Morgan fingerprint density at radius 1 is 1.35 bits per heavy atom. The molecule has 1 N–H and O–H groups in total. The van der Waals surface area contributed by atoms with Gasteiger partial charge in [-0.15, -0.1) is 0 Å². The molecule has 3 rings (SSSR count). The van der Waals surface area contributed by atoms with Crippen molar-refractivity contribution in [1.82, 2.24) is 5.32 Å². The lowest BCUT2D eigenvalue weighted by Crippen LogP contribution is -2.49. The number of fused-ring (bicyclic) bond motifs is 1. The minimum absolute atomic E-state index is 0.292. The van der Waals surface area contributed by atoms with Crippen LogP contribution in [0.5, 0.6) is 5.75 Å². The van der Waals surface area contributed by atoms with E-state index < -0.39 is 12.1 Å². The van der Waals surface area contributed by atoms with Gasteiger partial charge in [0.15, 0.2) is 5.75 Å². The zero-order valence-electron chi connectivity index (χ0n) is 14.1. The minimum atomic E-state index is -0.429. The van der Waals surface area contributed by atoms with E-state index in [4.69, 9.17) is 27.9 Å². The number of urea groups is 1. The number of nitrogens with one attached hydrogen (secondary N) is 1. The van der Waals surface area contributed by atoms with E-state index in [1.54, 1.807) is 30.4 Å². The van der Waals surface area contributed by atoms with E-state index in [1.807, 2.05) is 0 Å². The van der Waals surface area contributed by atoms with Crippen molar-refractivity contribution in [1.29, 1.82) is 5.26 Å². The van der Waals surface area contributed by atoms with Gasteiger partial charge in [-0.25, -0.2) is 9.79 Å². The van der Waals surface area contributed by atoms with Crippen molar-refractivity contribution in [2.24, 2.45) is 10.9 Å². The number of hydrogen-bond donors (Lipinski definition) is 1. The van der Waals surface area contributed by atoms with E-state index >= 15 is 0 Å². The van der Waals surface area contributed by atoms with Crippen LogP contribution in [0.2, 0.25) is 5.02 Å². The van der Waals surface area contributed by atoms with Crippen molar-refractivity contribution in [3.63, 3.8) is 0 Å². The van der Waals surface area contributed by atoms with Crippen molar-refractivity contribution >= 4 is 34.9 Å². The van der Waals surface area contributed by atoms with Gasteiger partial charge in [-0.2, -0.15) is 5.26 Å². The number of aliphatic imine (C=N–C) groups is 1. The van der Waals surface area contributed by atoms with Crippen LogP contribution in [0.4, 0.5) is 4.79 Å². The van der Waals surface area contributed by atoms with Gasteiger partial charge in [0.2, 0.25) is 0 Å². The lowest BCUT2D eigenvalue weighted by Gasteiger charge is -2.35. The molecular formula is C19H17Cl2N3O2. The molecule has 1 aromatic carbocycles. The van der Waals surface area contributed by atoms with Crippen molar-refractivity contribution in [2.45, 2.75) is 32.2 Å². The summed E-state index contributed by atoms with van der Waals surface area (Å²) in [5.41, 5.74) is 1.06. The molecule has 7 heteroatoms. The Kier molecular flexibility index (Phi) is 5.65. The van der Waals surface area contributed by atoms with Crippen LogP contribution in [-0.4, -0.2) is 17.8 Å². The number of carbonyl (C=O) groups excluding carboxylic acids is 1. The molecule has 2 atom stereocenters. The van der Waals surface area contributed by atoms with Gasteiger partial charge >= 0.3 is 6.03 Å². The Morgan fingerprint density at radius 2 is 2.15 bits per heavy atom. The maximum Gasteiger partial charge on any atom is 0.341 e. The molecule has 134 valence electrons. The first-order chi connectivity index (χ1) is 12.5. The summed E-state index contributed by atoms with van der Waals surface area (Å²) in [5.74, 6) is 0.526. The smallest absolute Gasteiger partial charge is 0.341 e. The van der Waals surface area contributed by atoms with E-state index in [9.17, 15) is 10.1 Å². The minimum Gasteiger partial charge on any atom is -0.458 e. The molecule has 0 saturated carbocycles. The number of amides is 2. The summed E-state index contributed by atoms with van der Waals surface area (Å²) in [6.07, 6.45) is 5.98. The third-order valence-electron chi connectivity index (χ3n) is 4.32. The van der Waals surface area contributed by atoms with Crippen molar-refractivity contribution in [3.8, 4) is 11.8 Å². The molecule has 0 radical (unpaired) electrons. The van der Waals surface area contributed by atoms with E-state index in [0.29, 0.717) is 33.5 Å². The standard InChI is InChI=1S/C19H17Cl2N3O2/c1-2-3-7-14-16-15(9-8-12(20)17(16)24-19(25)23-14)26-18-11(10-22)5-4-6-13(18)21/h4-6,8-9,16-17H,2-3,7H2,1H3,(H,24,25). The van der Waals surface area contributed by atoms with E-state index in [-0.39, 0.29) is 5.92 Å². The molecule has 0 fully saturated rings. The van der Waals surface area contributed by atoms with Crippen LogP contribution in [0.3, 0.4) is 0 Å². The highest BCUT2D eigenvalue weighted by Gasteiger charge is 2.39. The normalized spacial score (nSPS) is 21.6. The second-order valence-electron chi connectivity index (χ2n) is 6.06. The van der Waals surface area contributed by atoms with Gasteiger partial charge in [0, 0.05) is 10.7 Å². The maximum absolute atomic E-state index is 11.9. The quantitative estimate of drug-likeness (QED) is 0.773. The molecule has 1 aliphatic carbocycles. The van der Waals surface area contributed by atoms with Crippen LogP contribution in [0.15, 0.2) is 46.1 Å². The van der Waals surface area contributed by atoms with Crippen LogP contribution >= 0.6 is 23.2 Å². The monoisotopic (exact) mass is 389 g/mol. The van der Waals surface area contributed by atoms with Crippen LogP contribution in [0.1, 0.15) is 31.7 Å². The summed E-state index contributed by atoms with van der Waals surface area (Å²) in [6.45, 7) is 2.07. The molecule has 0 aromatic heterocycles. The molecule has 2 aliphatic rings. The summed E-state index contributed by atoms with van der Waals surface area (Å²) in [7, 11) is 0. The number of allylic oxidation sites excluding steroid dienone is 2. The number of para-hydroxylation sites is 1. The van der Waals surface area contributed by atoms with Gasteiger partial charge in [0.1, 0.15) is 11.8 Å². The predicted octanol–water partition coefficient (Wildman–Crippen LogP) is 4.95. The van der Waals surface area contributed by atoms with Gasteiger partial charge in [-0.1, -0.05) is 42.6 Å². The summed E-state index contributed by atoms with van der Waals surface area (Å²) in [4.78, 5) is 16.1. The summed E-state index contributed by atoms with van der Waals surface area (Å²) in [6, 6.07) is 6.24. The maximum atomic E-state index is 11.9. The molecule has 0 saturated heterocycles. The number of unbranched alkanes of at least 4 members (excludes halogenated alkanes) is 1. The average molecular weight is 390 g/mol. The lowest BCUT2D eigenvalue weighted by atomic mass is 9.85. The second-order valence-corrected chi connectivity index (χ2v) is 6.91. The van der Waals surface area contributed by atoms with Gasteiger partial charge in [-0.05, 0) is 37.1 Å². The third kappa shape index (κ3) is 3.62. The van der Waals surface area contributed by atoms with Crippen molar-refractivity contribution in [3.05, 3.63) is 51.7 Å². The zero-order chi connectivity index (χ0) is 18.7. The number of ether oxygens (including phenoxy) is 1. The number of carbonyl (C=O) groups is 1. The molecule has 1 aromatic rings. The van der Waals surface area contributed by atoms with E-state index in [0.717, 1.165) is 18.6 Å². The Hall–Kier alpha value is -2.29. The van der Waals surface area contributed by atoms with E-state index in [1.165, 1.54) is 0 Å². The number of rotatable bonds is 5. The number of nitriles is 1. The van der Waals surface area contributed by atoms with Gasteiger partial charge in [-0.3, -0.25) is 0 Å². The highest BCUT2D eigenvalue weighted by Crippen LogP contribution is 2.37. The highest BCUT2D eigenvalue weighted by molar-refractivity contribution is 6.32. The topological polar surface area (TPSA) is 74.5 Å². The number of hydrogen-bond acceptors (Lipinski definition) is 3. The molecule has 26 heavy (non-hydrogen) atoms. The Morgan fingerprint density at radius 3 is 2.88 bits per heavy atom. The fourth-order valence-corrected chi connectivity index (χ4v) is 3.51. The zero-order valence-corrected chi connectivity index (χ0v) is 15.6. The Bertz CT molecular complexity index is 868. The van der Waals surface area contributed by atoms with Gasteiger partial charge in [0.05, 0.1) is 22.5 Å². The largest absolute Gasteiger partial charge is 0.458 e. The first kappa shape index (κ1) is 18.5. The molecule has 2 amide bonds. The van der Waals surface area contributed by atoms with Crippen molar-refractivity contribution in [2.75, 3.05) is 0 Å². The molecule has 1 heterocycles. The molecule has 1 aliphatic heterocycles. The number of nitrogens with zero attached hydrogens (tertiary/aromatic N) is 2. The average Bonchev–Trinajstić information content (AvgIpc) is 2.63. The first-order valence-corrected chi connectivity index (χ1v) is 9.12. The first-order valence-electron chi connectivity index (χ1n) is 8.36. The number of halogens is 2. The molecular weight excluding hydrogens is 373 g/mol. The van der Waals surface area contributed by atoms with Crippen LogP contribution in [0.25, 0.3) is 0 Å². The van der Waals surface area contributed by atoms with Crippen molar-refractivity contribution < 1.29 is 9.53 Å². The van der Waals surface area contributed by atoms with Crippen LogP contribution in [0, 0.1) is 17.2 Å². The lowest BCUT2D eigenvalue weighted by molar-refractivity contribution is 0.241. The molecule has 0 spiro atoms. The highest BCUT2D eigenvalue weighted by atomic mass is 35.5. The molecule has 2 unspecified atom stereocenters. The van der Waals surface area contributed by atoms with Gasteiger partial charge in [0.25, 0.3) is 0 Å². The Labute approximate surface area is 162 Å². The third-order valence-corrected chi connectivity index (χ3v) is 4.98. The Balaban J connectivity index is 2.00. The fraction of sp³-hybridized carbons (Fsp3) is 0.316. The SMILES string of the molecule is CCCCC1=NC(=O)NC2C(Cl)=CC=C(Oc3c(Cl)cccc3C#N)C12. The van der Waals surface area contributed by atoms with Gasteiger partial charge < -0.3 is 10.1 Å². The molecule has 5 nitrogen and oxygen atoms in total. The van der Waals surface area contributed by atoms with Crippen LogP contribution in [-0.2, 0) is 0 Å². The van der Waals surface area contributed by atoms with E-state index in [2.05, 4.69) is 23.3 Å². The fourth-order valence-electron chi connectivity index (χ4n) is 3.05. The predicted molar refractivity (Wildman–Crippen MR) is 102 cm³/mol. The number of benzene rings is 1.